The van der Waals surface area contributed by atoms with Gasteiger partial charge in [0.05, 0.1) is 17.6 Å². The number of carbonyl (C=O) groups excluding carboxylic acids is 1. The topological polar surface area (TPSA) is 46.9 Å². The maximum atomic E-state index is 13.1. The van der Waals surface area contributed by atoms with Crippen LogP contribution in [0, 0.1) is 5.82 Å². The molecule has 4 rings (SSSR count). The number of amides is 1. The zero-order valence-electron chi connectivity index (χ0n) is 14.9. The van der Waals surface area contributed by atoms with Crippen molar-refractivity contribution >= 4 is 28.5 Å². The number of aromatic nitrogens is 2. The van der Waals surface area contributed by atoms with E-state index in [1.54, 1.807) is 0 Å². The predicted octanol–water partition coefficient (Wildman–Crippen LogP) is 4.81. The molecule has 0 saturated carbocycles. The summed E-state index contributed by atoms with van der Waals surface area (Å²) in [7, 11) is 0. The minimum atomic E-state index is -0.374. The molecule has 0 unspecified atom stereocenters. The van der Waals surface area contributed by atoms with Gasteiger partial charge in [0.25, 0.3) is 5.91 Å². The van der Waals surface area contributed by atoms with Crippen LogP contribution in [0.15, 0.2) is 72.8 Å². The highest BCUT2D eigenvalue weighted by atomic mass is 35.5. The second-order valence-corrected chi connectivity index (χ2v) is 6.86. The fourth-order valence-electron chi connectivity index (χ4n) is 3.07. The minimum absolute atomic E-state index is 0.262. The number of benzene rings is 3. The van der Waals surface area contributed by atoms with Gasteiger partial charge in [0, 0.05) is 17.1 Å². The number of carbonyl (C=O) groups is 1. The van der Waals surface area contributed by atoms with Crippen LogP contribution in [0.1, 0.15) is 21.7 Å². The zero-order chi connectivity index (χ0) is 19.5. The van der Waals surface area contributed by atoms with Crippen molar-refractivity contribution in [1.82, 2.24) is 14.9 Å². The van der Waals surface area contributed by atoms with Gasteiger partial charge < -0.3 is 9.88 Å². The van der Waals surface area contributed by atoms with E-state index < -0.39 is 0 Å². The van der Waals surface area contributed by atoms with Gasteiger partial charge in [-0.1, -0.05) is 35.9 Å². The van der Waals surface area contributed by atoms with Crippen LogP contribution in [0.5, 0.6) is 0 Å². The van der Waals surface area contributed by atoms with Gasteiger partial charge in [0.1, 0.15) is 11.6 Å². The smallest absolute Gasteiger partial charge is 0.251 e. The van der Waals surface area contributed by atoms with Gasteiger partial charge in [0.15, 0.2) is 0 Å². The molecule has 28 heavy (non-hydrogen) atoms. The molecule has 0 atom stereocenters. The molecule has 3 aromatic carbocycles. The molecule has 1 aromatic heterocycles. The van der Waals surface area contributed by atoms with E-state index in [4.69, 9.17) is 11.6 Å². The molecule has 140 valence electrons. The largest absolute Gasteiger partial charge is 0.345 e. The van der Waals surface area contributed by atoms with Gasteiger partial charge in [-0.3, -0.25) is 4.79 Å². The Balaban J connectivity index is 1.60. The molecule has 0 fully saturated rings. The van der Waals surface area contributed by atoms with Crippen molar-refractivity contribution < 1.29 is 9.18 Å². The zero-order valence-corrected chi connectivity index (χ0v) is 15.7. The first-order chi connectivity index (χ1) is 13.6. The maximum Gasteiger partial charge on any atom is 0.251 e. The first kappa shape index (κ1) is 18.2. The van der Waals surface area contributed by atoms with Crippen LogP contribution in [-0.2, 0) is 13.1 Å². The van der Waals surface area contributed by atoms with Gasteiger partial charge in [-0.2, -0.15) is 0 Å². The van der Waals surface area contributed by atoms with Crippen molar-refractivity contribution in [3.05, 3.63) is 101 Å². The summed E-state index contributed by atoms with van der Waals surface area (Å²) in [5.41, 5.74) is 3.34. The Labute approximate surface area is 166 Å². The Morgan fingerprint density at radius 1 is 1.00 bits per heavy atom. The summed E-state index contributed by atoms with van der Waals surface area (Å²) in [6, 6.07) is 20.9. The van der Waals surface area contributed by atoms with Crippen LogP contribution in [0.4, 0.5) is 4.39 Å². The molecule has 0 radical (unpaired) electrons. The Hall–Kier alpha value is -3.18. The summed E-state index contributed by atoms with van der Waals surface area (Å²) in [6.07, 6.45) is 0. The number of rotatable bonds is 5. The van der Waals surface area contributed by atoms with Crippen molar-refractivity contribution in [3.63, 3.8) is 0 Å². The van der Waals surface area contributed by atoms with E-state index in [2.05, 4.69) is 14.9 Å². The first-order valence-corrected chi connectivity index (χ1v) is 9.20. The average Bonchev–Trinajstić information content (AvgIpc) is 3.06. The number of fused-ring (bicyclic) bond motifs is 1. The minimum Gasteiger partial charge on any atom is -0.345 e. The van der Waals surface area contributed by atoms with Crippen molar-refractivity contribution in [2.45, 2.75) is 13.1 Å². The highest BCUT2D eigenvalue weighted by Crippen LogP contribution is 2.19. The van der Waals surface area contributed by atoms with Crippen molar-refractivity contribution in [2.75, 3.05) is 0 Å². The molecule has 0 aliphatic rings. The summed E-state index contributed by atoms with van der Waals surface area (Å²) >= 11 is 5.98. The fourth-order valence-corrected chi connectivity index (χ4v) is 3.20. The number of nitrogens with zero attached hydrogens (tertiary/aromatic N) is 2. The molecule has 0 spiro atoms. The molecule has 4 aromatic rings. The predicted molar refractivity (Wildman–Crippen MR) is 108 cm³/mol. The standard InChI is InChI=1S/C22H17ClFN3O/c23-17-9-5-15(6-10-17)14-27-20-4-2-1-3-19(20)26-21(27)13-25-22(28)16-7-11-18(24)12-8-16/h1-12H,13-14H2,(H,25,28). The summed E-state index contributed by atoms with van der Waals surface area (Å²) < 4.78 is 15.1. The highest BCUT2D eigenvalue weighted by molar-refractivity contribution is 6.30. The van der Waals surface area contributed by atoms with Crippen molar-refractivity contribution in [1.29, 1.82) is 0 Å². The first-order valence-electron chi connectivity index (χ1n) is 8.82. The molecule has 4 nitrogen and oxygen atoms in total. The lowest BCUT2D eigenvalue weighted by Gasteiger charge is -2.11. The Morgan fingerprint density at radius 3 is 2.46 bits per heavy atom. The van der Waals surface area contributed by atoms with E-state index in [9.17, 15) is 9.18 Å². The summed E-state index contributed by atoms with van der Waals surface area (Å²) in [4.78, 5) is 17.0. The molecular formula is C22H17ClFN3O. The molecule has 1 N–H and O–H groups in total. The van der Waals surface area contributed by atoms with E-state index in [0.29, 0.717) is 17.1 Å². The molecule has 0 bridgehead atoms. The lowest BCUT2D eigenvalue weighted by molar-refractivity contribution is 0.0949. The van der Waals surface area contributed by atoms with Crippen LogP contribution in [0.25, 0.3) is 11.0 Å². The summed E-state index contributed by atoms with van der Waals surface area (Å²) in [5.74, 6) is 0.0954. The van der Waals surface area contributed by atoms with Crippen LogP contribution >= 0.6 is 11.6 Å². The second kappa shape index (κ2) is 7.82. The van der Waals surface area contributed by atoms with E-state index in [-0.39, 0.29) is 18.3 Å². The SMILES string of the molecule is O=C(NCc1nc2ccccc2n1Cc1ccc(Cl)cc1)c1ccc(F)cc1. The number of hydrogen-bond acceptors (Lipinski definition) is 2. The summed E-state index contributed by atoms with van der Waals surface area (Å²) in [5, 5.41) is 3.55. The molecule has 1 amide bonds. The molecule has 0 saturated heterocycles. The van der Waals surface area contributed by atoms with E-state index in [1.807, 2.05) is 48.5 Å². The molecular weight excluding hydrogens is 377 g/mol. The van der Waals surface area contributed by atoms with Crippen molar-refractivity contribution in [2.24, 2.45) is 0 Å². The summed E-state index contributed by atoms with van der Waals surface area (Å²) in [6.45, 7) is 0.873. The lowest BCUT2D eigenvalue weighted by Crippen LogP contribution is -2.24. The molecule has 6 heteroatoms. The second-order valence-electron chi connectivity index (χ2n) is 6.42. The average molecular weight is 394 g/mol. The number of para-hydroxylation sites is 2. The van der Waals surface area contributed by atoms with Gasteiger partial charge in [-0.05, 0) is 54.1 Å². The number of nitrogens with one attached hydrogen (secondary N) is 1. The quantitative estimate of drug-likeness (QED) is 0.529. The molecule has 0 aliphatic heterocycles. The van der Waals surface area contributed by atoms with Crippen LogP contribution in [0.2, 0.25) is 5.02 Å². The number of halogens is 2. The van der Waals surface area contributed by atoms with Crippen LogP contribution in [0.3, 0.4) is 0 Å². The molecule has 0 aliphatic carbocycles. The van der Waals surface area contributed by atoms with Gasteiger partial charge in [0.2, 0.25) is 0 Å². The third-order valence-electron chi connectivity index (χ3n) is 4.50. The lowest BCUT2D eigenvalue weighted by atomic mass is 10.2. The van der Waals surface area contributed by atoms with Crippen LogP contribution in [-0.4, -0.2) is 15.5 Å². The number of imidazole rings is 1. The third kappa shape index (κ3) is 3.89. The van der Waals surface area contributed by atoms with E-state index >= 15 is 0 Å². The fraction of sp³-hybridized carbons (Fsp3) is 0.0909. The normalized spacial score (nSPS) is 10.9. The van der Waals surface area contributed by atoms with Crippen molar-refractivity contribution in [3.8, 4) is 0 Å². The highest BCUT2D eigenvalue weighted by Gasteiger charge is 2.13. The molecule has 1 heterocycles. The third-order valence-corrected chi connectivity index (χ3v) is 4.75. The maximum absolute atomic E-state index is 13.1. The Bertz CT molecular complexity index is 1120. The monoisotopic (exact) mass is 393 g/mol. The van der Waals surface area contributed by atoms with Gasteiger partial charge in [-0.25, -0.2) is 9.37 Å². The van der Waals surface area contributed by atoms with Gasteiger partial charge in [-0.15, -0.1) is 0 Å². The number of hydrogen-bond donors (Lipinski definition) is 1. The van der Waals surface area contributed by atoms with Gasteiger partial charge >= 0.3 is 0 Å². The van der Waals surface area contributed by atoms with E-state index in [0.717, 1.165) is 22.4 Å². The van der Waals surface area contributed by atoms with Crippen LogP contribution < -0.4 is 5.32 Å². The van der Waals surface area contributed by atoms with E-state index in [1.165, 1.54) is 24.3 Å². The Kier molecular flexibility index (Phi) is 5.08. The Morgan fingerprint density at radius 2 is 1.71 bits per heavy atom.